The molecule has 0 saturated carbocycles. The lowest BCUT2D eigenvalue weighted by atomic mass is 10.2. The van der Waals surface area contributed by atoms with E-state index in [1.165, 1.54) is 12.1 Å². The molecule has 5 nitrogen and oxygen atoms in total. The van der Waals surface area contributed by atoms with Gasteiger partial charge >= 0.3 is 0 Å². The fraction of sp³-hybridized carbons (Fsp3) is 0.500. The number of thioether (sulfide) groups is 1. The second-order valence-corrected chi connectivity index (χ2v) is 7.61. The summed E-state index contributed by atoms with van der Waals surface area (Å²) >= 11 is 7.53. The maximum absolute atomic E-state index is 12.1. The monoisotopic (exact) mass is 338 g/mol. The van der Waals surface area contributed by atoms with Crippen molar-refractivity contribution < 1.29 is 13.5 Å². The van der Waals surface area contributed by atoms with Gasteiger partial charge in [0.05, 0.1) is 4.90 Å². The molecule has 20 heavy (non-hydrogen) atoms. The number of halogens is 1. The van der Waals surface area contributed by atoms with Gasteiger partial charge < -0.3 is 10.8 Å². The largest absolute Gasteiger partial charge is 0.398 e. The van der Waals surface area contributed by atoms with E-state index in [1.807, 2.05) is 0 Å². The summed E-state index contributed by atoms with van der Waals surface area (Å²) in [5.41, 5.74) is 6.75. The zero-order valence-corrected chi connectivity index (χ0v) is 13.6. The number of benzene rings is 1. The maximum atomic E-state index is 12.1. The summed E-state index contributed by atoms with van der Waals surface area (Å²) in [5.74, 6) is 1.45. The summed E-state index contributed by atoms with van der Waals surface area (Å²) in [6, 6.07) is 2.80. The van der Waals surface area contributed by atoms with Crippen molar-refractivity contribution in [3.05, 3.63) is 22.7 Å². The fourth-order valence-corrected chi connectivity index (χ4v) is 3.73. The number of aliphatic hydroxyl groups is 1. The number of aliphatic hydroxyl groups excluding tert-OH is 1. The minimum Gasteiger partial charge on any atom is -0.398 e. The Morgan fingerprint density at radius 2 is 2.10 bits per heavy atom. The Morgan fingerprint density at radius 3 is 2.70 bits per heavy atom. The van der Waals surface area contributed by atoms with Gasteiger partial charge in [0.25, 0.3) is 0 Å². The van der Waals surface area contributed by atoms with Crippen LogP contribution in [0.25, 0.3) is 0 Å². The van der Waals surface area contributed by atoms with Crippen molar-refractivity contribution in [3.8, 4) is 0 Å². The Labute approximate surface area is 128 Å². The number of anilines is 1. The average molecular weight is 339 g/mol. The fourth-order valence-electron chi connectivity index (χ4n) is 1.43. The van der Waals surface area contributed by atoms with E-state index in [-0.39, 0.29) is 11.5 Å². The molecule has 0 saturated heterocycles. The van der Waals surface area contributed by atoms with E-state index in [2.05, 4.69) is 4.72 Å². The number of hydrogen-bond acceptors (Lipinski definition) is 5. The van der Waals surface area contributed by atoms with Crippen LogP contribution in [-0.2, 0) is 10.0 Å². The van der Waals surface area contributed by atoms with Gasteiger partial charge in [0.15, 0.2) is 0 Å². The van der Waals surface area contributed by atoms with Gasteiger partial charge in [-0.2, -0.15) is 11.8 Å². The molecule has 114 valence electrons. The molecule has 0 radical (unpaired) electrons. The Bertz CT molecular complexity index is 527. The van der Waals surface area contributed by atoms with Crippen molar-refractivity contribution in [1.29, 1.82) is 0 Å². The number of nitrogen functional groups attached to an aromatic ring is 1. The van der Waals surface area contributed by atoms with Crippen LogP contribution in [0.3, 0.4) is 0 Å². The second kappa shape index (κ2) is 8.09. The Morgan fingerprint density at radius 1 is 1.40 bits per heavy atom. The van der Waals surface area contributed by atoms with Crippen LogP contribution in [-0.4, -0.2) is 38.2 Å². The summed E-state index contributed by atoms with van der Waals surface area (Å²) in [7, 11) is -3.59. The van der Waals surface area contributed by atoms with Crippen LogP contribution in [0.1, 0.15) is 12.0 Å². The highest BCUT2D eigenvalue weighted by atomic mass is 35.5. The normalized spacial score (nSPS) is 11.8. The summed E-state index contributed by atoms with van der Waals surface area (Å²) in [5, 5.41) is 8.96. The Balaban J connectivity index is 2.61. The molecule has 0 aliphatic rings. The van der Waals surface area contributed by atoms with E-state index < -0.39 is 10.0 Å². The van der Waals surface area contributed by atoms with Crippen LogP contribution in [0.2, 0.25) is 5.02 Å². The Kier molecular flexibility index (Phi) is 7.11. The molecule has 1 aromatic rings. The first kappa shape index (κ1) is 17.6. The lowest BCUT2D eigenvalue weighted by Crippen LogP contribution is -2.26. The first-order valence-electron chi connectivity index (χ1n) is 6.12. The molecule has 0 heterocycles. The molecule has 1 rings (SSSR count). The van der Waals surface area contributed by atoms with Crippen LogP contribution < -0.4 is 10.5 Å². The zero-order valence-electron chi connectivity index (χ0n) is 11.2. The predicted octanol–water partition coefficient (Wildman–Crippen LogP) is 1.62. The molecular weight excluding hydrogens is 320 g/mol. The number of sulfonamides is 1. The lowest BCUT2D eigenvalue weighted by Gasteiger charge is -2.10. The van der Waals surface area contributed by atoms with E-state index in [1.54, 1.807) is 18.7 Å². The molecule has 0 bridgehead atoms. The summed E-state index contributed by atoms with van der Waals surface area (Å²) in [4.78, 5) is 0.0750. The van der Waals surface area contributed by atoms with Crippen LogP contribution in [0, 0.1) is 6.92 Å². The molecule has 0 aliphatic carbocycles. The highest BCUT2D eigenvalue weighted by Gasteiger charge is 2.16. The molecular formula is C12H19ClN2O3S2. The SMILES string of the molecule is Cc1c(N)cc(S(=O)(=O)NCCSCCCO)cc1Cl. The van der Waals surface area contributed by atoms with Gasteiger partial charge in [-0.25, -0.2) is 13.1 Å². The molecule has 0 atom stereocenters. The summed E-state index contributed by atoms with van der Waals surface area (Å²) in [6.45, 7) is 2.21. The van der Waals surface area contributed by atoms with Crippen LogP contribution in [0.4, 0.5) is 5.69 Å². The quantitative estimate of drug-likeness (QED) is 0.495. The molecule has 1 aromatic carbocycles. The van der Waals surface area contributed by atoms with Crippen LogP contribution >= 0.6 is 23.4 Å². The number of nitrogens with two attached hydrogens (primary N) is 1. The van der Waals surface area contributed by atoms with E-state index in [4.69, 9.17) is 22.4 Å². The predicted molar refractivity (Wildman–Crippen MR) is 84.8 cm³/mol. The third-order valence-electron chi connectivity index (χ3n) is 2.65. The van der Waals surface area contributed by atoms with Crippen molar-refractivity contribution >= 4 is 39.1 Å². The van der Waals surface area contributed by atoms with Crippen LogP contribution in [0.5, 0.6) is 0 Å². The van der Waals surface area contributed by atoms with Crippen molar-refractivity contribution in [2.24, 2.45) is 0 Å². The minimum atomic E-state index is -3.59. The third kappa shape index (κ3) is 5.14. The third-order valence-corrected chi connectivity index (χ3v) is 5.56. The highest BCUT2D eigenvalue weighted by molar-refractivity contribution is 7.99. The molecule has 0 spiro atoms. The topological polar surface area (TPSA) is 92.4 Å². The summed E-state index contributed by atoms with van der Waals surface area (Å²) < 4.78 is 26.6. The van der Waals surface area contributed by atoms with Gasteiger partial charge in [0.2, 0.25) is 10.0 Å². The average Bonchev–Trinajstić information content (AvgIpc) is 2.39. The van der Waals surface area contributed by atoms with Gasteiger partial charge in [-0.15, -0.1) is 0 Å². The number of hydrogen-bond donors (Lipinski definition) is 3. The van der Waals surface area contributed by atoms with Gasteiger partial charge in [0.1, 0.15) is 0 Å². The van der Waals surface area contributed by atoms with E-state index in [0.29, 0.717) is 35.0 Å². The molecule has 0 unspecified atom stereocenters. The minimum absolute atomic E-state index is 0.0750. The van der Waals surface area contributed by atoms with Gasteiger partial charge in [-0.1, -0.05) is 11.6 Å². The van der Waals surface area contributed by atoms with Crippen LogP contribution in [0.15, 0.2) is 17.0 Å². The molecule has 0 aliphatic heterocycles. The van der Waals surface area contributed by atoms with E-state index >= 15 is 0 Å². The van der Waals surface area contributed by atoms with Gasteiger partial charge in [-0.3, -0.25) is 0 Å². The molecule has 0 aromatic heterocycles. The van der Waals surface area contributed by atoms with E-state index in [0.717, 1.165) is 5.75 Å². The van der Waals surface area contributed by atoms with Crippen molar-refractivity contribution in [1.82, 2.24) is 4.72 Å². The first-order valence-corrected chi connectivity index (χ1v) is 9.14. The zero-order chi connectivity index (χ0) is 15.2. The van der Waals surface area contributed by atoms with Crippen molar-refractivity contribution in [2.75, 3.05) is 30.4 Å². The number of nitrogens with one attached hydrogen (secondary N) is 1. The van der Waals surface area contributed by atoms with Crippen molar-refractivity contribution in [2.45, 2.75) is 18.2 Å². The Hall–Kier alpha value is -0.470. The van der Waals surface area contributed by atoms with E-state index in [9.17, 15) is 8.42 Å². The molecule has 4 N–H and O–H groups in total. The highest BCUT2D eigenvalue weighted by Crippen LogP contribution is 2.25. The molecule has 0 fully saturated rings. The summed E-state index contributed by atoms with van der Waals surface area (Å²) in [6.07, 6.45) is 0.710. The standard InChI is InChI=1S/C12H19ClN2O3S2/c1-9-11(13)7-10(8-12(9)14)20(17,18)15-3-6-19-5-2-4-16/h7-8,15-16H,2-6,14H2,1H3. The maximum Gasteiger partial charge on any atom is 0.240 e. The first-order chi connectivity index (χ1) is 9.38. The second-order valence-electron chi connectivity index (χ2n) is 4.21. The molecule has 8 heteroatoms. The van der Waals surface area contributed by atoms with Gasteiger partial charge in [-0.05, 0) is 36.8 Å². The lowest BCUT2D eigenvalue weighted by molar-refractivity contribution is 0.296. The number of rotatable bonds is 8. The van der Waals surface area contributed by atoms with Gasteiger partial charge in [0, 0.05) is 29.6 Å². The smallest absolute Gasteiger partial charge is 0.240 e. The molecule has 0 amide bonds. The van der Waals surface area contributed by atoms with Crippen molar-refractivity contribution in [3.63, 3.8) is 0 Å².